The average Bonchev–Trinajstić information content (AvgIpc) is 2.16. The van der Waals surface area contributed by atoms with Gasteiger partial charge in [0.05, 0.1) is 12.1 Å². The summed E-state index contributed by atoms with van der Waals surface area (Å²) in [5.41, 5.74) is 5.78. The van der Waals surface area contributed by atoms with E-state index in [0.29, 0.717) is 11.1 Å². The number of halogens is 2. The third kappa shape index (κ3) is 2.52. The summed E-state index contributed by atoms with van der Waals surface area (Å²) in [6, 6.07) is 0. The molecule has 1 aromatic heterocycles. The second-order valence-electron chi connectivity index (χ2n) is 3.34. The minimum atomic E-state index is -2.74. The lowest BCUT2D eigenvalue weighted by Crippen LogP contribution is -2.11. The van der Waals surface area contributed by atoms with Crippen LogP contribution in [0.1, 0.15) is 28.8 Å². The van der Waals surface area contributed by atoms with Crippen molar-refractivity contribution >= 4 is 5.97 Å². The maximum absolute atomic E-state index is 12.8. The highest BCUT2D eigenvalue weighted by molar-refractivity contribution is 5.70. The van der Waals surface area contributed by atoms with Crippen LogP contribution in [0.2, 0.25) is 0 Å². The minimum Gasteiger partial charge on any atom is -0.481 e. The monoisotopic (exact) mass is 230 g/mol. The van der Waals surface area contributed by atoms with E-state index in [1.807, 2.05) is 0 Å². The molecule has 0 bridgehead atoms. The molecule has 6 heteroatoms. The van der Waals surface area contributed by atoms with Crippen molar-refractivity contribution in [2.45, 2.75) is 26.3 Å². The van der Waals surface area contributed by atoms with Crippen LogP contribution in [0.25, 0.3) is 0 Å². The van der Waals surface area contributed by atoms with Crippen LogP contribution in [-0.2, 0) is 17.8 Å². The fraction of sp³-hybridized carbons (Fsp3) is 0.400. The molecule has 0 aliphatic heterocycles. The summed E-state index contributed by atoms with van der Waals surface area (Å²) in [7, 11) is 0. The van der Waals surface area contributed by atoms with Crippen LogP contribution in [0.4, 0.5) is 8.78 Å². The van der Waals surface area contributed by atoms with Gasteiger partial charge in [-0.05, 0) is 18.1 Å². The van der Waals surface area contributed by atoms with Gasteiger partial charge in [-0.2, -0.15) is 0 Å². The van der Waals surface area contributed by atoms with E-state index in [9.17, 15) is 13.6 Å². The molecule has 0 saturated heterocycles. The number of hydrogen-bond donors (Lipinski definition) is 2. The Labute approximate surface area is 91.1 Å². The van der Waals surface area contributed by atoms with Crippen molar-refractivity contribution in [3.63, 3.8) is 0 Å². The summed E-state index contributed by atoms with van der Waals surface area (Å²) in [5.74, 6) is -1.19. The highest BCUT2D eigenvalue weighted by atomic mass is 19.3. The second kappa shape index (κ2) is 4.98. The number of carbonyl (C=O) groups is 1. The topological polar surface area (TPSA) is 76.2 Å². The van der Waals surface area contributed by atoms with Gasteiger partial charge in [-0.3, -0.25) is 9.78 Å². The summed E-state index contributed by atoms with van der Waals surface area (Å²) < 4.78 is 25.6. The summed E-state index contributed by atoms with van der Waals surface area (Å²) in [6.45, 7) is 1.60. The molecule has 4 nitrogen and oxygen atoms in total. The summed E-state index contributed by atoms with van der Waals surface area (Å²) in [4.78, 5) is 14.2. The molecule has 1 aromatic rings. The van der Waals surface area contributed by atoms with Crippen LogP contribution < -0.4 is 5.73 Å². The van der Waals surface area contributed by atoms with Gasteiger partial charge in [-0.15, -0.1) is 0 Å². The zero-order valence-electron chi connectivity index (χ0n) is 8.70. The Balaban J connectivity index is 3.28. The minimum absolute atomic E-state index is 0.0998. The zero-order chi connectivity index (χ0) is 12.3. The first-order chi connectivity index (χ1) is 7.47. The van der Waals surface area contributed by atoms with Gasteiger partial charge in [0.1, 0.15) is 0 Å². The van der Waals surface area contributed by atoms with Crippen LogP contribution in [0.15, 0.2) is 6.20 Å². The number of aliphatic carboxylic acids is 1. The Hall–Kier alpha value is -1.56. The van der Waals surface area contributed by atoms with Crippen LogP contribution in [0.5, 0.6) is 0 Å². The number of alkyl halides is 2. The normalized spacial score (nSPS) is 10.8. The van der Waals surface area contributed by atoms with E-state index in [1.54, 1.807) is 0 Å². The fourth-order valence-corrected chi connectivity index (χ4v) is 1.49. The smallest absolute Gasteiger partial charge is 0.309 e. The molecule has 3 N–H and O–H groups in total. The number of carboxylic acid groups (broad SMARTS) is 1. The number of rotatable bonds is 4. The first kappa shape index (κ1) is 12.5. The predicted molar refractivity (Wildman–Crippen MR) is 53.2 cm³/mol. The number of hydrogen-bond acceptors (Lipinski definition) is 3. The Bertz CT molecular complexity index is 408. The van der Waals surface area contributed by atoms with E-state index < -0.39 is 18.8 Å². The van der Waals surface area contributed by atoms with Crippen LogP contribution in [0.3, 0.4) is 0 Å². The molecule has 0 amide bonds. The van der Waals surface area contributed by atoms with Gasteiger partial charge in [0.2, 0.25) is 0 Å². The van der Waals surface area contributed by atoms with E-state index in [4.69, 9.17) is 10.8 Å². The Morgan fingerprint density at radius 2 is 2.25 bits per heavy atom. The van der Waals surface area contributed by atoms with Crippen molar-refractivity contribution in [3.8, 4) is 0 Å². The van der Waals surface area contributed by atoms with Gasteiger partial charge in [0.15, 0.2) is 0 Å². The Morgan fingerprint density at radius 3 is 2.69 bits per heavy atom. The number of nitrogens with zero attached hydrogens (tertiary/aromatic N) is 1. The lowest BCUT2D eigenvalue weighted by atomic mass is 10.0. The lowest BCUT2D eigenvalue weighted by molar-refractivity contribution is -0.136. The lowest BCUT2D eigenvalue weighted by Gasteiger charge is -2.12. The van der Waals surface area contributed by atoms with Crippen molar-refractivity contribution in [3.05, 3.63) is 28.6 Å². The number of aromatic nitrogens is 1. The Kier molecular flexibility index (Phi) is 3.89. The molecule has 0 aliphatic rings. The maximum atomic E-state index is 12.8. The number of pyridine rings is 1. The SMILES string of the molecule is Cc1c(CN)cnc(CC(=O)O)c1C(F)F. The van der Waals surface area contributed by atoms with Gasteiger partial charge >= 0.3 is 5.97 Å². The maximum Gasteiger partial charge on any atom is 0.309 e. The predicted octanol–water partition coefficient (Wildman–Crippen LogP) is 1.41. The number of carboxylic acids is 1. The fourth-order valence-electron chi connectivity index (χ4n) is 1.49. The molecule has 88 valence electrons. The molecule has 0 aliphatic carbocycles. The van der Waals surface area contributed by atoms with Crippen molar-refractivity contribution < 1.29 is 18.7 Å². The first-order valence-corrected chi connectivity index (χ1v) is 4.64. The first-order valence-electron chi connectivity index (χ1n) is 4.64. The van der Waals surface area contributed by atoms with E-state index >= 15 is 0 Å². The summed E-state index contributed by atoms with van der Waals surface area (Å²) in [6.07, 6.45) is -1.90. The molecular formula is C10H12F2N2O2. The van der Waals surface area contributed by atoms with Gasteiger partial charge in [-0.1, -0.05) is 0 Å². The second-order valence-corrected chi connectivity index (χ2v) is 3.34. The van der Waals surface area contributed by atoms with Crippen LogP contribution in [-0.4, -0.2) is 16.1 Å². The zero-order valence-corrected chi connectivity index (χ0v) is 8.70. The van der Waals surface area contributed by atoms with E-state index in [0.717, 1.165) is 0 Å². The van der Waals surface area contributed by atoms with E-state index in [2.05, 4.69) is 4.98 Å². The van der Waals surface area contributed by atoms with Crippen LogP contribution >= 0.6 is 0 Å². The average molecular weight is 230 g/mol. The molecule has 0 atom stereocenters. The molecule has 0 saturated carbocycles. The van der Waals surface area contributed by atoms with Crippen molar-refractivity contribution in [2.24, 2.45) is 5.73 Å². The number of nitrogens with two attached hydrogens (primary N) is 1. The van der Waals surface area contributed by atoms with Crippen molar-refractivity contribution in [2.75, 3.05) is 0 Å². The quantitative estimate of drug-likeness (QED) is 0.820. The molecular weight excluding hydrogens is 218 g/mol. The summed E-state index contributed by atoms with van der Waals surface area (Å²) in [5, 5.41) is 8.58. The standard InChI is InChI=1S/C10H12F2N2O2/c1-5-6(3-13)4-14-7(2-8(15)16)9(5)10(11)12/h4,10H,2-3,13H2,1H3,(H,15,16). The molecule has 16 heavy (non-hydrogen) atoms. The molecule has 1 heterocycles. The Morgan fingerprint density at radius 1 is 1.62 bits per heavy atom. The van der Waals surface area contributed by atoms with E-state index in [1.165, 1.54) is 13.1 Å². The summed E-state index contributed by atoms with van der Waals surface area (Å²) >= 11 is 0. The van der Waals surface area contributed by atoms with Gasteiger partial charge < -0.3 is 10.8 Å². The highest BCUT2D eigenvalue weighted by Crippen LogP contribution is 2.27. The van der Waals surface area contributed by atoms with Crippen molar-refractivity contribution in [1.29, 1.82) is 0 Å². The molecule has 1 rings (SSSR count). The largest absolute Gasteiger partial charge is 0.481 e. The molecule has 0 unspecified atom stereocenters. The third-order valence-electron chi connectivity index (χ3n) is 2.33. The van der Waals surface area contributed by atoms with Gasteiger partial charge in [0.25, 0.3) is 6.43 Å². The third-order valence-corrected chi connectivity index (χ3v) is 2.33. The molecule has 0 radical (unpaired) electrons. The van der Waals surface area contributed by atoms with Gasteiger partial charge in [0, 0.05) is 18.3 Å². The highest BCUT2D eigenvalue weighted by Gasteiger charge is 2.20. The molecule has 0 spiro atoms. The molecule has 0 fully saturated rings. The molecule has 0 aromatic carbocycles. The van der Waals surface area contributed by atoms with Crippen LogP contribution in [0, 0.1) is 6.92 Å². The van der Waals surface area contributed by atoms with E-state index in [-0.39, 0.29) is 17.8 Å². The van der Waals surface area contributed by atoms with Crippen molar-refractivity contribution in [1.82, 2.24) is 4.98 Å². The van der Waals surface area contributed by atoms with Gasteiger partial charge in [-0.25, -0.2) is 8.78 Å².